The molecule has 0 amide bonds. The average molecular weight is 284 g/mol. The van der Waals surface area contributed by atoms with E-state index in [0.717, 1.165) is 0 Å². The summed E-state index contributed by atoms with van der Waals surface area (Å²) in [6.45, 7) is -0.725. The van der Waals surface area contributed by atoms with Gasteiger partial charge >= 0.3 is 24.2 Å². The third-order valence-electron chi connectivity index (χ3n) is 2.14. The Hall–Kier alpha value is -2.45. The molecule has 108 valence electrons. The molecule has 0 saturated carbocycles. The van der Waals surface area contributed by atoms with Crippen LogP contribution in [0.2, 0.25) is 0 Å². The van der Waals surface area contributed by atoms with Crippen LogP contribution in [-0.4, -0.2) is 52.7 Å². The quantitative estimate of drug-likeness (QED) is 0.469. The lowest BCUT2D eigenvalue weighted by Crippen LogP contribution is -2.30. The lowest BCUT2D eigenvalue weighted by atomic mass is 10.1. The van der Waals surface area contributed by atoms with Crippen LogP contribution in [0.15, 0.2) is 24.3 Å². The minimum atomic E-state index is -1.84. The zero-order valence-electron chi connectivity index (χ0n) is 10.2. The highest BCUT2D eigenvalue weighted by atomic mass is 16.7. The van der Waals surface area contributed by atoms with Gasteiger partial charge in [-0.1, -0.05) is 0 Å². The highest BCUT2D eigenvalue weighted by Gasteiger charge is 2.23. The van der Waals surface area contributed by atoms with Crippen molar-refractivity contribution in [2.45, 2.75) is 6.29 Å². The number of ether oxygens (including phenoxy) is 2. The van der Waals surface area contributed by atoms with Gasteiger partial charge in [-0.05, 0) is 24.3 Å². The van der Waals surface area contributed by atoms with Crippen LogP contribution in [-0.2, 0) is 14.3 Å². The second-order valence-electron chi connectivity index (χ2n) is 3.55. The zero-order valence-corrected chi connectivity index (χ0v) is 10.2. The van der Waals surface area contributed by atoms with Gasteiger partial charge < -0.3 is 24.8 Å². The molecule has 8 nitrogen and oxygen atoms in total. The van der Waals surface area contributed by atoms with Gasteiger partial charge in [-0.3, -0.25) is 0 Å². The van der Waals surface area contributed by atoms with Crippen LogP contribution in [0.4, 0.5) is 0 Å². The molecule has 0 heterocycles. The second kappa shape index (κ2) is 7.22. The maximum atomic E-state index is 11.6. The molecule has 0 aromatic heterocycles. The lowest BCUT2D eigenvalue weighted by Gasteiger charge is -2.13. The number of rotatable bonds is 7. The van der Waals surface area contributed by atoms with Gasteiger partial charge in [0.25, 0.3) is 0 Å². The van der Waals surface area contributed by atoms with E-state index in [4.69, 9.17) is 15.3 Å². The molecule has 0 spiro atoms. The van der Waals surface area contributed by atoms with E-state index in [1.165, 1.54) is 24.3 Å². The first-order valence-electron chi connectivity index (χ1n) is 5.45. The van der Waals surface area contributed by atoms with Gasteiger partial charge in [0.05, 0.1) is 24.3 Å². The number of carbonyl (C=O) groups excluding carboxylic acids is 1. The SMILES string of the molecule is O=C(O)c1ccc(C(=O)OC(OCCO)C(=O)O)cc1. The molecule has 1 aromatic rings. The molecule has 1 unspecified atom stereocenters. The summed E-state index contributed by atoms with van der Waals surface area (Å²) >= 11 is 0. The first-order chi connectivity index (χ1) is 9.45. The van der Waals surface area contributed by atoms with E-state index >= 15 is 0 Å². The van der Waals surface area contributed by atoms with Crippen molar-refractivity contribution >= 4 is 17.9 Å². The summed E-state index contributed by atoms with van der Waals surface area (Å²) in [6.07, 6.45) is -1.84. The zero-order chi connectivity index (χ0) is 15.1. The standard InChI is InChI=1S/C12H12O8/c13-5-6-19-12(10(16)17)20-11(18)8-3-1-7(2-4-8)9(14)15/h1-4,12-13H,5-6H2,(H,14,15)(H,16,17). The normalized spacial score (nSPS) is 11.7. The fourth-order valence-corrected chi connectivity index (χ4v) is 1.23. The van der Waals surface area contributed by atoms with Crippen LogP contribution in [0.3, 0.4) is 0 Å². The molecule has 0 radical (unpaired) electrons. The molecule has 1 aromatic carbocycles. The summed E-state index contributed by atoms with van der Waals surface area (Å²) in [6, 6.07) is 4.75. The predicted molar refractivity (Wildman–Crippen MR) is 63.3 cm³/mol. The number of aliphatic hydroxyl groups is 1. The highest BCUT2D eigenvalue weighted by Crippen LogP contribution is 2.08. The van der Waals surface area contributed by atoms with Gasteiger partial charge in [0.15, 0.2) is 0 Å². The van der Waals surface area contributed by atoms with E-state index in [1.54, 1.807) is 0 Å². The molecule has 20 heavy (non-hydrogen) atoms. The van der Waals surface area contributed by atoms with E-state index in [0.29, 0.717) is 0 Å². The number of carboxylic acids is 2. The Kier molecular flexibility index (Phi) is 5.63. The predicted octanol–water partition coefficient (Wildman–Crippen LogP) is -0.0388. The Morgan fingerprint density at radius 3 is 2.05 bits per heavy atom. The van der Waals surface area contributed by atoms with E-state index in [-0.39, 0.29) is 17.7 Å². The molecule has 0 bridgehead atoms. The monoisotopic (exact) mass is 284 g/mol. The fraction of sp³-hybridized carbons (Fsp3) is 0.250. The summed E-state index contributed by atoms with van der Waals surface area (Å²) < 4.78 is 9.20. The third-order valence-corrected chi connectivity index (χ3v) is 2.14. The van der Waals surface area contributed by atoms with Gasteiger partial charge in [-0.2, -0.15) is 0 Å². The second-order valence-corrected chi connectivity index (χ2v) is 3.55. The molecule has 0 aliphatic rings. The van der Waals surface area contributed by atoms with Crippen LogP contribution in [0.1, 0.15) is 20.7 Å². The molecule has 8 heteroatoms. The number of carbonyl (C=O) groups is 3. The average Bonchev–Trinajstić information content (AvgIpc) is 2.42. The van der Waals surface area contributed by atoms with E-state index in [9.17, 15) is 14.4 Å². The van der Waals surface area contributed by atoms with Gasteiger partial charge in [-0.25, -0.2) is 14.4 Å². The lowest BCUT2D eigenvalue weighted by molar-refractivity contribution is -0.178. The molecule has 0 aliphatic carbocycles. The summed E-state index contributed by atoms with van der Waals surface area (Å²) in [5, 5.41) is 26.0. The number of aromatic carboxylic acids is 1. The maximum absolute atomic E-state index is 11.6. The number of esters is 1. The Bertz CT molecular complexity index is 493. The van der Waals surface area contributed by atoms with Crippen molar-refractivity contribution in [3.8, 4) is 0 Å². The summed E-state index contributed by atoms with van der Waals surface area (Å²) in [4.78, 5) is 33.0. The third kappa shape index (κ3) is 4.34. The molecule has 1 atom stereocenters. The molecule has 1 rings (SSSR count). The van der Waals surface area contributed by atoms with Crippen molar-refractivity contribution in [1.29, 1.82) is 0 Å². The van der Waals surface area contributed by atoms with Gasteiger partial charge in [0, 0.05) is 0 Å². The van der Waals surface area contributed by atoms with Crippen LogP contribution >= 0.6 is 0 Å². The van der Waals surface area contributed by atoms with Crippen molar-refractivity contribution in [2.75, 3.05) is 13.2 Å². The van der Waals surface area contributed by atoms with Gasteiger partial charge in [0.2, 0.25) is 0 Å². The number of hydrogen-bond acceptors (Lipinski definition) is 6. The minimum Gasteiger partial charge on any atom is -0.478 e. The molecular weight excluding hydrogens is 272 g/mol. The summed E-state index contributed by atoms with van der Waals surface area (Å²) in [7, 11) is 0. The van der Waals surface area contributed by atoms with Crippen LogP contribution in [0, 0.1) is 0 Å². The summed E-state index contributed by atoms with van der Waals surface area (Å²) in [5.74, 6) is -3.65. The number of benzene rings is 1. The van der Waals surface area contributed by atoms with E-state index in [2.05, 4.69) is 9.47 Å². The van der Waals surface area contributed by atoms with Crippen molar-refractivity contribution < 1.29 is 39.2 Å². The first-order valence-corrected chi connectivity index (χ1v) is 5.45. The largest absolute Gasteiger partial charge is 0.478 e. The number of carboxylic acid groups (broad SMARTS) is 2. The number of hydrogen-bond donors (Lipinski definition) is 3. The van der Waals surface area contributed by atoms with Crippen molar-refractivity contribution in [3.05, 3.63) is 35.4 Å². The van der Waals surface area contributed by atoms with Gasteiger partial charge in [0.1, 0.15) is 0 Å². The van der Waals surface area contributed by atoms with Gasteiger partial charge in [-0.15, -0.1) is 0 Å². The van der Waals surface area contributed by atoms with E-state index in [1.807, 2.05) is 0 Å². The first kappa shape index (κ1) is 15.6. The molecular formula is C12H12O8. The molecule has 0 fully saturated rings. The molecule has 0 aliphatic heterocycles. The Morgan fingerprint density at radius 2 is 1.60 bits per heavy atom. The smallest absolute Gasteiger partial charge is 0.374 e. The van der Waals surface area contributed by atoms with Crippen molar-refractivity contribution in [3.63, 3.8) is 0 Å². The maximum Gasteiger partial charge on any atom is 0.374 e. The van der Waals surface area contributed by atoms with Crippen molar-refractivity contribution in [2.24, 2.45) is 0 Å². The summed E-state index contributed by atoms with van der Waals surface area (Å²) in [5.41, 5.74) is -0.0401. The minimum absolute atomic E-state index is 0.0196. The highest BCUT2D eigenvalue weighted by molar-refractivity contribution is 5.93. The molecule has 0 saturated heterocycles. The van der Waals surface area contributed by atoms with Crippen LogP contribution in [0.25, 0.3) is 0 Å². The van der Waals surface area contributed by atoms with Crippen LogP contribution < -0.4 is 0 Å². The molecule has 3 N–H and O–H groups in total. The van der Waals surface area contributed by atoms with Crippen molar-refractivity contribution in [1.82, 2.24) is 0 Å². The Labute approximate surface area is 113 Å². The Morgan fingerprint density at radius 1 is 1.05 bits per heavy atom. The topological polar surface area (TPSA) is 130 Å². The Balaban J connectivity index is 2.73. The van der Waals surface area contributed by atoms with Crippen LogP contribution in [0.5, 0.6) is 0 Å². The number of aliphatic hydroxyl groups excluding tert-OH is 1. The number of aliphatic carboxylic acids is 1. The fourth-order valence-electron chi connectivity index (χ4n) is 1.23. The van der Waals surface area contributed by atoms with E-state index < -0.39 is 30.8 Å².